The molecule has 0 atom stereocenters. The lowest BCUT2D eigenvalue weighted by molar-refractivity contribution is 0.693. The number of rotatable bonds is 3. The van der Waals surface area contributed by atoms with E-state index in [2.05, 4.69) is 17.2 Å². The molecule has 0 spiro atoms. The van der Waals surface area contributed by atoms with Crippen LogP contribution in [0.5, 0.6) is 0 Å². The van der Waals surface area contributed by atoms with Gasteiger partial charge in [-0.05, 0) is 32.6 Å². The van der Waals surface area contributed by atoms with Crippen LogP contribution in [0.4, 0.5) is 5.82 Å². The number of aromatic nitrogens is 2. The van der Waals surface area contributed by atoms with Crippen LogP contribution in [0.2, 0.25) is 0 Å². The Kier molecular flexibility index (Phi) is 1.69. The van der Waals surface area contributed by atoms with Crippen molar-refractivity contribution in [1.82, 2.24) is 9.55 Å². The maximum absolute atomic E-state index is 12.0. The van der Waals surface area contributed by atoms with Crippen molar-refractivity contribution in [2.45, 2.75) is 44.2 Å². The van der Waals surface area contributed by atoms with Gasteiger partial charge in [0.15, 0.2) is 5.82 Å². The summed E-state index contributed by atoms with van der Waals surface area (Å²) in [6.45, 7) is 2.13. The van der Waals surface area contributed by atoms with E-state index in [4.69, 9.17) is 0 Å². The summed E-state index contributed by atoms with van der Waals surface area (Å²) in [6.07, 6.45) is 8.02. The molecule has 4 nitrogen and oxygen atoms in total. The summed E-state index contributed by atoms with van der Waals surface area (Å²) in [4.78, 5) is 16.1. The van der Waals surface area contributed by atoms with E-state index in [-0.39, 0.29) is 11.1 Å². The molecule has 15 heavy (non-hydrogen) atoms. The summed E-state index contributed by atoms with van der Waals surface area (Å²) in [5.41, 5.74) is 0.155. The highest BCUT2D eigenvalue weighted by molar-refractivity contribution is 5.37. The van der Waals surface area contributed by atoms with Gasteiger partial charge in [0.2, 0.25) is 0 Å². The predicted octanol–water partition coefficient (Wildman–Crippen LogP) is 1.54. The van der Waals surface area contributed by atoms with Crippen LogP contribution < -0.4 is 10.9 Å². The van der Waals surface area contributed by atoms with Crippen molar-refractivity contribution in [3.05, 3.63) is 22.7 Å². The van der Waals surface area contributed by atoms with Crippen molar-refractivity contribution in [1.29, 1.82) is 0 Å². The molecule has 0 aliphatic heterocycles. The lowest BCUT2D eigenvalue weighted by Gasteiger charge is -2.12. The van der Waals surface area contributed by atoms with Crippen LogP contribution in [-0.4, -0.2) is 15.1 Å². The minimum Gasteiger partial charge on any atom is -0.360 e. The van der Waals surface area contributed by atoms with E-state index in [1.165, 1.54) is 0 Å². The number of hydrogen-bond donors (Lipinski definition) is 1. The van der Waals surface area contributed by atoms with Crippen LogP contribution in [0, 0.1) is 0 Å². The molecule has 0 saturated heterocycles. The Bertz CT molecular complexity index is 443. The molecule has 4 heteroatoms. The van der Waals surface area contributed by atoms with Gasteiger partial charge in [-0.1, -0.05) is 0 Å². The molecule has 1 aromatic heterocycles. The van der Waals surface area contributed by atoms with Crippen molar-refractivity contribution in [3.63, 3.8) is 0 Å². The smallest absolute Gasteiger partial charge is 0.293 e. The molecule has 2 saturated carbocycles. The highest BCUT2D eigenvalue weighted by Crippen LogP contribution is 2.37. The SMILES string of the molecule is CC1(Nc2nccn(C3CC3)c2=O)CC1. The number of anilines is 1. The molecule has 0 aromatic carbocycles. The number of nitrogens with zero attached hydrogens (tertiary/aromatic N) is 2. The average Bonchev–Trinajstić information content (AvgIpc) is 3.06. The van der Waals surface area contributed by atoms with Crippen molar-refractivity contribution in [3.8, 4) is 0 Å². The molecular formula is C11H15N3O. The number of nitrogens with one attached hydrogen (secondary N) is 1. The lowest BCUT2D eigenvalue weighted by Crippen LogP contribution is -2.28. The average molecular weight is 205 g/mol. The fourth-order valence-corrected chi connectivity index (χ4v) is 1.75. The molecular weight excluding hydrogens is 190 g/mol. The molecule has 0 amide bonds. The van der Waals surface area contributed by atoms with E-state index in [9.17, 15) is 4.79 Å². The molecule has 0 radical (unpaired) electrons. The van der Waals surface area contributed by atoms with Crippen LogP contribution in [0.25, 0.3) is 0 Å². The van der Waals surface area contributed by atoms with Crippen molar-refractivity contribution < 1.29 is 0 Å². The van der Waals surface area contributed by atoms with Crippen molar-refractivity contribution >= 4 is 5.82 Å². The van der Waals surface area contributed by atoms with E-state index < -0.39 is 0 Å². The quantitative estimate of drug-likeness (QED) is 0.814. The molecule has 1 heterocycles. The third-order valence-corrected chi connectivity index (χ3v) is 3.23. The predicted molar refractivity (Wildman–Crippen MR) is 58.0 cm³/mol. The first-order chi connectivity index (χ1) is 7.18. The maximum atomic E-state index is 12.0. The van der Waals surface area contributed by atoms with Crippen molar-refractivity contribution in [2.24, 2.45) is 0 Å². The van der Waals surface area contributed by atoms with Crippen molar-refractivity contribution in [2.75, 3.05) is 5.32 Å². The molecule has 0 bridgehead atoms. The van der Waals surface area contributed by atoms with Crippen LogP contribution in [-0.2, 0) is 0 Å². The van der Waals surface area contributed by atoms with Crippen LogP contribution >= 0.6 is 0 Å². The van der Waals surface area contributed by atoms with Gasteiger partial charge >= 0.3 is 0 Å². The molecule has 1 aromatic rings. The molecule has 2 aliphatic rings. The zero-order chi connectivity index (χ0) is 10.5. The monoisotopic (exact) mass is 205 g/mol. The van der Waals surface area contributed by atoms with E-state index in [0.29, 0.717) is 11.9 Å². The van der Waals surface area contributed by atoms with Gasteiger partial charge in [-0.25, -0.2) is 4.98 Å². The van der Waals surface area contributed by atoms with Gasteiger partial charge in [0.25, 0.3) is 5.56 Å². The first kappa shape index (κ1) is 8.95. The summed E-state index contributed by atoms with van der Waals surface area (Å²) in [7, 11) is 0. The van der Waals surface area contributed by atoms with Gasteiger partial charge in [-0.15, -0.1) is 0 Å². The molecule has 1 N–H and O–H groups in total. The van der Waals surface area contributed by atoms with Gasteiger partial charge in [0.05, 0.1) is 0 Å². The van der Waals surface area contributed by atoms with E-state index in [0.717, 1.165) is 25.7 Å². The largest absolute Gasteiger partial charge is 0.360 e. The third-order valence-electron chi connectivity index (χ3n) is 3.23. The highest BCUT2D eigenvalue weighted by Gasteiger charge is 2.38. The fraction of sp³-hybridized carbons (Fsp3) is 0.636. The Balaban J connectivity index is 1.93. The first-order valence-corrected chi connectivity index (χ1v) is 5.53. The van der Waals surface area contributed by atoms with Crippen LogP contribution in [0.1, 0.15) is 38.6 Å². The second-order valence-electron chi connectivity index (χ2n) is 4.91. The fourth-order valence-electron chi connectivity index (χ4n) is 1.75. The van der Waals surface area contributed by atoms with E-state index in [1.54, 1.807) is 17.0 Å². The summed E-state index contributed by atoms with van der Waals surface area (Å²) in [5.74, 6) is 0.518. The Labute approximate surface area is 88.3 Å². The van der Waals surface area contributed by atoms with Gasteiger partial charge in [-0.3, -0.25) is 4.79 Å². The molecule has 2 fully saturated rings. The number of hydrogen-bond acceptors (Lipinski definition) is 3. The van der Waals surface area contributed by atoms with Crippen LogP contribution in [0.3, 0.4) is 0 Å². The van der Waals surface area contributed by atoms with E-state index >= 15 is 0 Å². The van der Waals surface area contributed by atoms with Gasteiger partial charge in [0, 0.05) is 24.0 Å². The van der Waals surface area contributed by atoms with Crippen LogP contribution in [0.15, 0.2) is 17.2 Å². The molecule has 2 aliphatic carbocycles. The highest BCUT2D eigenvalue weighted by atomic mass is 16.1. The van der Waals surface area contributed by atoms with Gasteiger partial charge < -0.3 is 9.88 Å². The summed E-state index contributed by atoms with van der Waals surface area (Å²) in [6, 6.07) is 0.424. The Morgan fingerprint density at radius 1 is 1.53 bits per heavy atom. The first-order valence-electron chi connectivity index (χ1n) is 5.53. The summed E-state index contributed by atoms with van der Waals surface area (Å²) in [5, 5.41) is 3.24. The lowest BCUT2D eigenvalue weighted by atomic mass is 10.3. The van der Waals surface area contributed by atoms with Gasteiger partial charge in [-0.2, -0.15) is 0 Å². The molecule has 3 rings (SSSR count). The zero-order valence-electron chi connectivity index (χ0n) is 8.86. The second kappa shape index (κ2) is 2.84. The minimum atomic E-state index is 0.0353. The molecule has 0 unspecified atom stereocenters. The summed E-state index contributed by atoms with van der Waals surface area (Å²) < 4.78 is 1.81. The zero-order valence-corrected chi connectivity index (χ0v) is 8.86. The Hall–Kier alpha value is -1.32. The third kappa shape index (κ3) is 1.64. The Morgan fingerprint density at radius 2 is 2.27 bits per heavy atom. The molecule has 80 valence electrons. The Morgan fingerprint density at radius 3 is 2.87 bits per heavy atom. The minimum absolute atomic E-state index is 0.0353. The topological polar surface area (TPSA) is 46.9 Å². The normalized spacial score (nSPS) is 22.5. The standard InChI is InChI=1S/C11H15N3O/c1-11(4-5-11)13-9-10(15)14(7-6-12-9)8-2-3-8/h6-8H,2-5H2,1H3,(H,12,13). The van der Waals surface area contributed by atoms with Gasteiger partial charge in [0.1, 0.15) is 0 Å². The second-order valence-corrected chi connectivity index (χ2v) is 4.91. The van der Waals surface area contributed by atoms with E-state index in [1.807, 2.05) is 0 Å². The summed E-state index contributed by atoms with van der Waals surface area (Å²) >= 11 is 0. The maximum Gasteiger partial charge on any atom is 0.293 e.